The van der Waals surface area contributed by atoms with Crippen LogP contribution in [0.5, 0.6) is 0 Å². The maximum atomic E-state index is 13.6. The van der Waals surface area contributed by atoms with E-state index in [1.54, 1.807) is 0 Å². The highest BCUT2D eigenvalue weighted by Gasteiger charge is 2.25. The van der Waals surface area contributed by atoms with Gasteiger partial charge in [-0.15, -0.1) is 0 Å². The average Bonchev–Trinajstić information content (AvgIpc) is 2.89. The second-order valence-corrected chi connectivity index (χ2v) is 19.1. The van der Waals surface area contributed by atoms with E-state index in [0.29, 0.717) is 4.47 Å². The molecule has 0 aliphatic heterocycles. The summed E-state index contributed by atoms with van der Waals surface area (Å²) in [4.78, 5) is 1.97. The molecule has 40 heavy (non-hydrogen) atoms. The molecule has 4 aromatic carbocycles. The largest absolute Gasteiger partial charge is 0.241 e. The Bertz CT molecular complexity index is 1270. The van der Waals surface area contributed by atoms with Crippen LogP contribution in [0.3, 0.4) is 0 Å². The zero-order valence-corrected chi connectivity index (χ0v) is 30.2. The predicted molar refractivity (Wildman–Crippen MR) is 184 cm³/mol. The van der Waals surface area contributed by atoms with Crippen molar-refractivity contribution in [2.75, 3.05) is 4.93 Å². The first kappa shape index (κ1) is 37.8. The van der Waals surface area contributed by atoms with Crippen LogP contribution in [0.15, 0.2) is 77.3 Å². The maximum absolute atomic E-state index is 13.6. The first-order valence-corrected chi connectivity index (χ1v) is 17.2. The molecule has 4 rings (SSSR count). The van der Waals surface area contributed by atoms with Crippen molar-refractivity contribution >= 4 is 129 Å². The van der Waals surface area contributed by atoms with Crippen LogP contribution in [0.1, 0.15) is 0 Å². The lowest BCUT2D eigenvalue weighted by Gasteiger charge is -2.16. The maximum Gasteiger partial charge on any atom is 0.241 e. The highest BCUT2D eigenvalue weighted by molar-refractivity contribution is 14.3. The summed E-state index contributed by atoms with van der Waals surface area (Å²) in [6.45, 7) is -0.944. The number of rotatable bonds is 3. The van der Waals surface area contributed by atoms with Gasteiger partial charge in [-0.25, -0.2) is 35.1 Å². The van der Waals surface area contributed by atoms with E-state index in [2.05, 4.69) is 106 Å². The lowest BCUT2D eigenvalue weighted by atomic mass is 9.37. The van der Waals surface area contributed by atoms with Crippen LogP contribution in [0.4, 0.5) is 35.1 Å². The van der Waals surface area contributed by atoms with Gasteiger partial charge >= 0.3 is 0 Å². The molecule has 0 nitrogen and oxygen atoms in total. The molecule has 4 aromatic rings. The van der Waals surface area contributed by atoms with E-state index in [4.69, 9.17) is 0 Å². The molecule has 0 heterocycles. The van der Waals surface area contributed by atoms with Crippen molar-refractivity contribution in [1.29, 1.82) is 0 Å². The van der Waals surface area contributed by atoms with Crippen molar-refractivity contribution < 1.29 is 35.1 Å². The van der Waals surface area contributed by atoms with Gasteiger partial charge < -0.3 is 0 Å². The minimum Gasteiger partial charge on any atom is -0.204 e. The Balaban J connectivity index is 0.000000440. The van der Waals surface area contributed by atoms with Crippen LogP contribution in [0.2, 0.25) is 0 Å². The van der Waals surface area contributed by atoms with Crippen molar-refractivity contribution in [3.8, 4) is 0 Å². The molecule has 0 radical (unpaired) electrons. The number of alkyl halides is 4. The first-order chi connectivity index (χ1) is 18.8. The van der Waals surface area contributed by atoms with E-state index in [9.17, 15) is 35.1 Å². The fourth-order valence-corrected chi connectivity index (χ4v) is 3.46. The second-order valence-electron chi connectivity index (χ2n) is 7.26. The summed E-state index contributed by atoms with van der Waals surface area (Å²) >= 11 is 12.1. The smallest absolute Gasteiger partial charge is 0.204 e. The Morgan fingerprint density at radius 3 is 0.950 bits per heavy atom. The van der Waals surface area contributed by atoms with Gasteiger partial charge in [-0.05, 0) is 59.5 Å². The van der Waals surface area contributed by atoms with Crippen LogP contribution >= 0.6 is 106 Å². The molecule has 0 unspecified atom stereocenters. The number of halogens is 13. The molecule has 0 aliphatic rings. The minimum absolute atomic E-state index is 0.177. The molecule has 0 fully saturated rings. The zero-order chi connectivity index (χ0) is 30.6. The molecule has 0 N–H and O–H groups in total. The van der Waals surface area contributed by atoms with Crippen LogP contribution in [0.25, 0.3) is 0 Å². The van der Waals surface area contributed by atoms with Crippen molar-refractivity contribution in [3.63, 3.8) is 0 Å². The molecule has 0 amide bonds. The number of hydrogen-bond donors (Lipinski definition) is 0. The second kappa shape index (κ2) is 19.1. The molecular formula is C26H16BBrF8I4. The Morgan fingerprint density at radius 2 is 0.725 bits per heavy atom. The van der Waals surface area contributed by atoms with Crippen molar-refractivity contribution in [3.05, 3.63) is 124 Å². The Labute approximate surface area is 289 Å². The fraction of sp³-hybridized carbons (Fsp3) is 0.0769. The quantitative estimate of drug-likeness (QED) is 0.0632. The van der Waals surface area contributed by atoms with Crippen molar-refractivity contribution in [2.24, 2.45) is 0 Å². The third kappa shape index (κ3) is 12.6. The summed E-state index contributed by atoms with van der Waals surface area (Å²) in [5.74, 6) is -8.34. The number of hydrogen-bond acceptors (Lipinski definition) is 0. The SMILES string of the molecule is CI.Fc1ccc(B(c2ccc(F)c(F)c2)c2ccc(F)c(F)c2)cc1F.Fc1ccc(Br)cc1F.IC(I)I. The van der Waals surface area contributed by atoms with Crippen molar-refractivity contribution in [2.45, 2.75) is -0.0619 Å². The average molecular weight is 1080 g/mol. The van der Waals surface area contributed by atoms with E-state index in [1.165, 1.54) is 24.3 Å². The van der Waals surface area contributed by atoms with Gasteiger partial charge in [0.25, 0.3) is 0 Å². The molecule has 0 saturated heterocycles. The Hall–Kier alpha value is -0.215. The lowest BCUT2D eigenvalue weighted by molar-refractivity contribution is 0.508. The molecule has 0 saturated carbocycles. The lowest BCUT2D eigenvalue weighted by Crippen LogP contribution is -2.52. The highest BCUT2D eigenvalue weighted by atomic mass is 127. The normalized spacial score (nSPS) is 9.97. The fourth-order valence-electron chi connectivity index (χ4n) is 3.12. The molecule has 0 atom stereocenters. The van der Waals surface area contributed by atoms with E-state index in [0.717, 1.165) is 48.5 Å². The summed E-state index contributed by atoms with van der Waals surface area (Å²) in [6.07, 6.45) is 0. The van der Waals surface area contributed by atoms with Gasteiger partial charge in [0.1, 0.15) is -0.0619 Å². The summed E-state index contributed by atoms with van der Waals surface area (Å²) in [5.41, 5.74) is 0.530. The first-order valence-electron chi connectivity index (χ1n) is 10.6. The summed E-state index contributed by atoms with van der Waals surface area (Å²) in [7, 11) is 0. The summed E-state index contributed by atoms with van der Waals surface area (Å²) in [5, 5.41) is 0. The van der Waals surface area contributed by atoms with Crippen LogP contribution < -0.4 is 16.4 Å². The van der Waals surface area contributed by atoms with E-state index in [-0.39, 0.29) is 16.4 Å². The van der Waals surface area contributed by atoms with Crippen LogP contribution in [-0.2, 0) is 0 Å². The van der Waals surface area contributed by atoms with Gasteiger partial charge in [-0.1, -0.05) is 141 Å². The molecule has 14 heteroatoms. The van der Waals surface area contributed by atoms with Gasteiger partial charge in [-0.2, -0.15) is 0 Å². The molecule has 0 aliphatic carbocycles. The number of benzene rings is 4. The zero-order valence-electron chi connectivity index (χ0n) is 20.0. The van der Waals surface area contributed by atoms with E-state index in [1.807, 2.05) is 4.93 Å². The van der Waals surface area contributed by atoms with Crippen LogP contribution in [0, 0.1) is 46.5 Å². The monoisotopic (exact) mass is 1080 g/mol. The van der Waals surface area contributed by atoms with Gasteiger partial charge in [0.2, 0.25) is 6.71 Å². The molecular weight excluding hydrogens is 1060 g/mol. The third-order valence-electron chi connectivity index (χ3n) is 4.71. The minimum atomic E-state index is -1.15. The highest BCUT2D eigenvalue weighted by Crippen LogP contribution is 2.16. The van der Waals surface area contributed by atoms with Gasteiger partial charge in [-0.3, -0.25) is 0 Å². The van der Waals surface area contributed by atoms with Gasteiger partial charge in [0.15, 0.2) is 46.5 Å². The topological polar surface area (TPSA) is 0 Å². The van der Waals surface area contributed by atoms with E-state index < -0.39 is 53.3 Å². The van der Waals surface area contributed by atoms with Crippen molar-refractivity contribution in [1.82, 2.24) is 0 Å². The Kier molecular flexibility index (Phi) is 18.1. The Morgan fingerprint density at radius 1 is 0.475 bits per heavy atom. The third-order valence-corrected chi connectivity index (χ3v) is 5.21. The molecule has 0 spiro atoms. The standard InChI is InChI=1S/C18H9BF6.C6H3BrF2.CHI3.CH3I/c20-13-4-1-10(7-16(13)23)19(11-2-5-14(21)17(24)8-11)12-3-6-15(22)18(25)9-12;7-4-1-2-5(8)6(9)3-4;2-1(3)4;1-2/h1-9H;1-3H;1H;1H3. The summed E-state index contributed by atoms with van der Waals surface area (Å²) < 4.78 is 106. The predicted octanol–water partition coefficient (Wildman–Crippen LogP) is 9.39. The van der Waals surface area contributed by atoms with E-state index >= 15 is 0 Å². The van der Waals surface area contributed by atoms with Crippen LogP contribution in [-0.4, -0.2) is 11.6 Å². The molecule has 214 valence electrons. The molecule has 0 bridgehead atoms. The summed E-state index contributed by atoms with van der Waals surface area (Å²) in [6, 6.07) is 12.6. The molecule has 0 aromatic heterocycles. The van der Waals surface area contributed by atoms with Gasteiger partial charge in [0.05, 0.1) is 0 Å². The van der Waals surface area contributed by atoms with Gasteiger partial charge in [0, 0.05) is 4.47 Å².